The van der Waals surface area contributed by atoms with Crippen LogP contribution in [0.3, 0.4) is 0 Å². The summed E-state index contributed by atoms with van der Waals surface area (Å²) in [6.45, 7) is 3.83. The standard InChI is InChI=1S/C19H18N4/c1-14-5-4-7-16-18(14)22-17-8-3-2-6-15(17)19(16)21-10-12-23-11-9-20-13-23/h2-9,11,13H,10,12H2,1H3,(H,21,22). The number of nitrogens with one attached hydrogen (secondary N) is 1. The second kappa shape index (κ2) is 5.72. The van der Waals surface area contributed by atoms with Gasteiger partial charge in [-0.3, -0.25) is 0 Å². The SMILES string of the molecule is Cc1cccc2c(NCCn3ccnc3)c3ccccc3nc12. The van der Waals surface area contributed by atoms with Gasteiger partial charge in [-0.1, -0.05) is 36.4 Å². The van der Waals surface area contributed by atoms with Crippen molar-refractivity contribution in [2.45, 2.75) is 13.5 Å². The Morgan fingerprint density at radius 3 is 2.78 bits per heavy atom. The van der Waals surface area contributed by atoms with Crippen LogP contribution in [0.1, 0.15) is 5.56 Å². The number of hydrogen-bond donors (Lipinski definition) is 1. The van der Waals surface area contributed by atoms with E-state index in [4.69, 9.17) is 4.98 Å². The molecule has 2 aromatic carbocycles. The molecule has 4 rings (SSSR count). The summed E-state index contributed by atoms with van der Waals surface area (Å²) in [7, 11) is 0. The van der Waals surface area contributed by atoms with Crippen LogP contribution in [0.2, 0.25) is 0 Å². The number of nitrogens with zero attached hydrogens (tertiary/aromatic N) is 3. The molecule has 0 radical (unpaired) electrons. The van der Waals surface area contributed by atoms with E-state index in [0.29, 0.717) is 0 Å². The van der Waals surface area contributed by atoms with Gasteiger partial charge in [-0.05, 0) is 18.6 Å². The van der Waals surface area contributed by atoms with Gasteiger partial charge < -0.3 is 9.88 Å². The molecule has 23 heavy (non-hydrogen) atoms. The third-order valence-electron chi connectivity index (χ3n) is 4.14. The van der Waals surface area contributed by atoms with Gasteiger partial charge in [0, 0.05) is 36.3 Å². The van der Waals surface area contributed by atoms with E-state index in [0.717, 1.165) is 35.2 Å². The average molecular weight is 302 g/mol. The number of hydrogen-bond acceptors (Lipinski definition) is 3. The number of aromatic nitrogens is 3. The van der Waals surface area contributed by atoms with Gasteiger partial charge in [0.1, 0.15) is 0 Å². The minimum absolute atomic E-state index is 0.841. The molecule has 114 valence electrons. The Morgan fingerprint density at radius 1 is 1.04 bits per heavy atom. The van der Waals surface area contributed by atoms with E-state index < -0.39 is 0 Å². The predicted molar refractivity (Wildman–Crippen MR) is 94.7 cm³/mol. The summed E-state index contributed by atoms with van der Waals surface area (Å²) in [6.07, 6.45) is 5.63. The minimum Gasteiger partial charge on any atom is -0.382 e. The van der Waals surface area contributed by atoms with Gasteiger partial charge in [0.05, 0.1) is 23.0 Å². The van der Waals surface area contributed by atoms with E-state index in [-0.39, 0.29) is 0 Å². The molecule has 0 saturated carbocycles. The molecule has 0 bridgehead atoms. The predicted octanol–water partition coefficient (Wildman–Crippen LogP) is 4.01. The van der Waals surface area contributed by atoms with E-state index in [9.17, 15) is 0 Å². The molecular weight excluding hydrogens is 284 g/mol. The maximum absolute atomic E-state index is 4.84. The van der Waals surface area contributed by atoms with Gasteiger partial charge in [-0.25, -0.2) is 9.97 Å². The van der Waals surface area contributed by atoms with Crippen LogP contribution in [0, 0.1) is 6.92 Å². The number of anilines is 1. The monoisotopic (exact) mass is 302 g/mol. The molecule has 0 aliphatic heterocycles. The van der Waals surface area contributed by atoms with Crippen molar-refractivity contribution < 1.29 is 0 Å². The van der Waals surface area contributed by atoms with Gasteiger partial charge in [-0.2, -0.15) is 0 Å². The molecule has 1 N–H and O–H groups in total. The topological polar surface area (TPSA) is 42.7 Å². The third-order valence-corrected chi connectivity index (χ3v) is 4.14. The first-order valence-corrected chi connectivity index (χ1v) is 7.80. The zero-order valence-electron chi connectivity index (χ0n) is 13.0. The van der Waals surface area contributed by atoms with Crippen molar-refractivity contribution >= 4 is 27.5 Å². The Kier molecular flexibility index (Phi) is 3.42. The number of imidazole rings is 1. The highest BCUT2D eigenvalue weighted by Crippen LogP contribution is 2.31. The number of rotatable bonds is 4. The molecule has 4 nitrogen and oxygen atoms in total. The van der Waals surface area contributed by atoms with Crippen molar-refractivity contribution in [3.05, 3.63) is 66.7 Å². The summed E-state index contributed by atoms with van der Waals surface area (Å²) in [5, 5.41) is 5.95. The average Bonchev–Trinajstić information content (AvgIpc) is 3.08. The van der Waals surface area contributed by atoms with Crippen LogP contribution in [0.25, 0.3) is 21.8 Å². The van der Waals surface area contributed by atoms with E-state index in [1.807, 2.05) is 18.6 Å². The maximum Gasteiger partial charge on any atom is 0.0946 e. The summed E-state index contributed by atoms with van der Waals surface area (Å²) in [6, 6.07) is 14.6. The number of para-hydroxylation sites is 2. The van der Waals surface area contributed by atoms with Gasteiger partial charge in [0.25, 0.3) is 0 Å². The van der Waals surface area contributed by atoms with Crippen LogP contribution >= 0.6 is 0 Å². The normalized spacial score (nSPS) is 11.2. The van der Waals surface area contributed by atoms with Gasteiger partial charge in [0.2, 0.25) is 0 Å². The quantitative estimate of drug-likeness (QED) is 0.579. The fraction of sp³-hybridized carbons (Fsp3) is 0.158. The molecule has 0 aliphatic rings. The van der Waals surface area contributed by atoms with Gasteiger partial charge in [0.15, 0.2) is 0 Å². The third kappa shape index (κ3) is 2.52. The summed E-state index contributed by atoms with van der Waals surface area (Å²) >= 11 is 0. The van der Waals surface area contributed by atoms with Crippen LogP contribution < -0.4 is 5.32 Å². The highest BCUT2D eigenvalue weighted by molar-refractivity contribution is 6.08. The molecule has 0 atom stereocenters. The maximum atomic E-state index is 4.84. The van der Waals surface area contributed by atoms with Crippen LogP contribution in [0.15, 0.2) is 61.2 Å². The molecular formula is C19H18N4. The summed E-state index contributed by atoms with van der Waals surface area (Å²) in [5.74, 6) is 0. The fourth-order valence-electron chi connectivity index (χ4n) is 2.98. The van der Waals surface area contributed by atoms with Crippen LogP contribution in [0.5, 0.6) is 0 Å². The Labute approximate surface area is 134 Å². The molecule has 0 amide bonds. The number of benzene rings is 2. The highest BCUT2D eigenvalue weighted by atomic mass is 15.0. The lowest BCUT2D eigenvalue weighted by Gasteiger charge is -2.14. The molecule has 2 heterocycles. The largest absolute Gasteiger partial charge is 0.382 e. The lowest BCUT2D eigenvalue weighted by Crippen LogP contribution is -2.10. The zero-order chi connectivity index (χ0) is 15.6. The Morgan fingerprint density at radius 2 is 1.91 bits per heavy atom. The van der Waals surface area contributed by atoms with Crippen molar-refractivity contribution in [1.82, 2.24) is 14.5 Å². The first-order valence-electron chi connectivity index (χ1n) is 7.80. The van der Waals surface area contributed by atoms with Crippen molar-refractivity contribution in [2.75, 3.05) is 11.9 Å². The molecule has 0 spiro atoms. The van der Waals surface area contributed by atoms with Crippen molar-refractivity contribution in [1.29, 1.82) is 0 Å². The smallest absolute Gasteiger partial charge is 0.0946 e. The van der Waals surface area contributed by atoms with Crippen LogP contribution in [-0.4, -0.2) is 21.1 Å². The van der Waals surface area contributed by atoms with Gasteiger partial charge >= 0.3 is 0 Å². The molecule has 4 heteroatoms. The van der Waals surface area contributed by atoms with Crippen molar-refractivity contribution in [3.63, 3.8) is 0 Å². The van der Waals surface area contributed by atoms with E-state index in [1.54, 1.807) is 6.20 Å². The highest BCUT2D eigenvalue weighted by Gasteiger charge is 2.09. The molecule has 0 fully saturated rings. The summed E-state index contributed by atoms with van der Waals surface area (Å²) in [5.41, 5.74) is 4.45. The first-order chi connectivity index (χ1) is 11.3. The fourth-order valence-corrected chi connectivity index (χ4v) is 2.98. The second-order valence-electron chi connectivity index (χ2n) is 5.70. The second-order valence-corrected chi connectivity index (χ2v) is 5.70. The van der Waals surface area contributed by atoms with Crippen LogP contribution in [-0.2, 0) is 6.54 Å². The van der Waals surface area contributed by atoms with Crippen LogP contribution in [0.4, 0.5) is 5.69 Å². The van der Waals surface area contributed by atoms with Gasteiger partial charge in [-0.15, -0.1) is 0 Å². The lowest BCUT2D eigenvalue weighted by molar-refractivity contribution is 0.727. The number of pyridine rings is 1. The Hall–Kier alpha value is -2.88. The molecule has 0 unspecified atom stereocenters. The molecule has 0 aliphatic carbocycles. The van der Waals surface area contributed by atoms with Crippen molar-refractivity contribution in [2.24, 2.45) is 0 Å². The first kappa shape index (κ1) is 13.8. The van der Waals surface area contributed by atoms with Crippen molar-refractivity contribution in [3.8, 4) is 0 Å². The molecule has 0 saturated heterocycles. The zero-order valence-corrected chi connectivity index (χ0v) is 13.0. The lowest BCUT2D eigenvalue weighted by atomic mass is 10.0. The molecule has 4 aromatic rings. The Balaban J connectivity index is 1.79. The summed E-state index contributed by atoms with van der Waals surface area (Å²) in [4.78, 5) is 8.93. The van der Waals surface area contributed by atoms with E-state index >= 15 is 0 Å². The Bertz CT molecular complexity index is 958. The van der Waals surface area contributed by atoms with E-state index in [1.165, 1.54) is 10.9 Å². The van der Waals surface area contributed by atoms with E-state index in [2.05, 4.69) is 58.2 Å². The number of fused-ring (bicyclic) bond motifs is 2. The molecule has 2 aromatic heterocycles. The minimum atomic E-state index is 0.841. The number of aryl methyl sites for hydroxylation is 1. The summed E-state index contributed by atoms with van der Waals surface area (Å²) < 4.78 is 2.07.